The Kier molecular flexibility index (Phi) is 3.68. The Hall–Kier alpha value is -1.89. The van der Waals surface area contributed by atoms with E-state index in [2.05, 4.69) is 25.9 Å². The van der Waals surface area contributed by atoms with Gasteiger partial charge in [0.15, 0.2) is 0 Å². The lowest BCUT2D eigenvalue weighted by Crippen LogP contribution is -2.31. The standard InChI is InChI=1S/C13H17N5OS/c1-2-14-13-17-11(9-5-6-20-12(9)18-13)15-7-10(19)16-8-3-4-8/h5-6,8H,2-4,7H2,1H3,(H,16,19)(H2,14,15,17,18). The maximum atomic E-state index is 11.7. The van der Waals surface area contributed by atoms with Gasteiger partial charge < -0.3 is 16.0 Å². The Morgan fingerprint density at radius 3 is 3.00 bits per heavy atom. The van der Waals surface area contributed by atoms with Crippen molar-refractivity contribution in [1.82, 2.24) is 15.3 Å². The van der Waals surface area contributed by atoms with Crippen molar-refractivity contribution in [3.63, 3.8) is 0 Å². The smallest absolute Gasteiger partial charge is 0.239 e. The molecule has 6 nitrogen and oxygen atoms in total. The van der Waals surface area contributed by atoms with Gasteiger partial charge in [-0.05, 0) is 31.2 Å². The first-order valence-corrected chi connectivity index (χ1v) is 7.66. The van der Waals surface area contributed by atoms with Gasteiger partial charge in [0.25, 0.3) is 0 Å². The molecule has 7 heteroatoms. The number of fused-ring (bicyclic) bond motifs is 1. The number of hydrogen-bond acceptors (Lipinski definition) is 6. The van der Waals surface area contributed by atoms with Gasteiger partial charge in [0.2, 0.25) is 11.9 Å². The summed E-state index contributed by atoms with van der Waals surface area (Å²) in [6.45, 7) is 3.00. The molecule has 106 valence electrons. The molecule has 0 unspecified atom stereocenters. The highest BCUT2D eigenvalue weighted by Crippen LogP contribution is 2.26. The molecule has 20 heavy (non-hydrogen) atoms. The second-order valence-corrected chi connectivity index (χ2v) is 5.66. The molecule has 0 aromatic carbocycles. The van der Waals surface area contributed by atoms with Crippen LogP contribution in [-0.2, 0) is 4.79 Å². The van der Waals surface area contributed by atoms with Gasteiger partial charge in [0, 0.05) is 12.6 Å². The minimum Gasteiger partial charge on any atom is -0.360 e. The van der Waals surface area contributed by atoms with Crippen molar-refractivity contribution in [1.29, 1.82) is 0 Å². The van der Waals surface area contributed by atoms with E-state index in [0.29, 0.717) is 17.8 Å². The fourth-order valence-electron chi connectivity index (χ4n) is 1.90. The molecule has 2 aromatic rings. The van der Waals surface area contributed by atoms with E-state index >= 15 is 0 Å². The van der Waals surface area contributed by atoms with E-state index in [9.17, 15) is 4.79 Å². The highest BCUT2D eigenvalue weighted by Gasteiger charge is 2.23. The molecule has 2 aromatic heterocycles. The van der Waals surface area contributed by atoms with Gasteiger partial charge in [-0.1, -0.05) is 0 Å². The van der Waals surface area contributed by atoms with Crippen molar-refractivity contribution >= 4 is 39.2 Å². The largest absolute Gasteiger partial charge is 0.360 e. The lowest BCUT2D eigenvalue weighted by atomic mass is 10.3. The number of carbonyl (C=O) groups is 1. The minimum absolute atomic E-state index is 0.0134. The molecule has 1 fully saturated rings. The number of thiophene rings is 1. The van der Waals surface area contributed by atoms with E-state index in [0.717, 1.165) is 29.6 Å². The van der Waals surface area contributed by atoms with Crippen LogP contribution in [0.1, 0.15) is 19.8 Å². The zero-order valence-corrected chi connectivity index (χ0v) is 12.1. The van der Waals surface area contributed by atoms with Gasteiger partial charge in [-0.15, -0.1) is 11.3 Å². The number of nitrogens with one attached hydrogen (secondary N) is 3. The molecule has 0 saturated heterocycles. The summed E-state index contributed by atoms with van der Waals surface area (Å²) >= 11 is 1.56. The Balaban J connectivity index is 1.74. The number of rotatable bonds is 6. The molecule has 0 spiro atoms. The third-order valence-corrected chi connectivity index (χ3v) is 3.83. The number of amides is 1. The molecule has 1 aliphatic carbocycles. The lowest BCUT2D eigenvalue weighted by Gasteiger charge is -2.09. The maximum Gasteiger partial charge on any atom is 0.239 e. The molecular formula is C13H17N5OS. The molecule has 1 saturated carbocycles. The van der Waals surface area contributed by atoms with Crippen LogP contribution >= 0.6 is 11.3 Å². The summed E-state index contributed by atoms with van der Waals surface area (Å²) in [4.78, 5) is 21.5. The van der Waals surface area contributed by atoms with Gasteiger partial charge in [-0.2, -0.15) is 4.98 Å². The van der Waals surface area contributed by atoms with Crippen molar-refractivity contribution in [3.05, 3.63) is 11.4 Å². The minimum atomic E-state index is 0.0134. The summed E-state index contributed by atoms with van der Waals surface area (Å²) in [5.74, 6) is 1.31. The number of nitrogens with zero attached hydrogens (tertiary/aromatic N) is 2. The Labute approximate surface area is 121 Å². The predicted octanol–water partition coefficient (Wildman–Crippen LogP) is 1.81. The zero-order chi connectivity index (χ0) is 13.9. The second-order valence-electron chi connectivity index (χ2n) is 4.76. The highest BCUT2D eigenvalue weighted by atomic mass is 32.1. The van der Waals surface area contributed by atoms with Gasteiger partial charge in [0.1, 0.15) is 10.6 Å². The van der Waals surface area contributed by atoms with Crippen molar-refractivity contribution in [3.8, 4) is 0 Å². The van der Waals surface area contributed by atoms with E-state index in [1.54, 1.807) is 11.3 Å². The second kappa shape index (κ2) is 5.62. The van der Waals surface area contributed by atoms with Crippen LogP contribution < -0.4 is 16.0 Å². The van der Waals surface area contributed by atoms with Crippen molar-refractivity contribution in [2.45, 2.75) is 25.8 Å². The third kappa shape index (κ3) is 2.98. The summed E-state index contributed by atoms with van der Waals surface area (Å²) in [6, 6.07) is 2.35. The van der Waals surface area contributed by atoms with Crippen LogP contribution in [-0.4, -0.2) is 35.0 Å². The van der Waals surface area contributed by atoms with Crippen molar-refractivity contribution < 1.29 is 4.79 Å². The molecular weight excluding hydrogens is 274 g/mol. The van der Waals surface area contributed by atoms with E-state index in [4.69, 9.17) is 0 Å². The quantitative estimate of drug-likeness (QED) is 0.756. The van der Waals surface area contributed by atoms with Gasteiger partial charge in [0.05, 0.1) is 11.9 Å². The van der Waals surface area contributed by atoms with Crippen LogP contribution in [0, 0.1) is 0 Å². The Bertz CT molecular complexity index is 622. The first-order valence-electron chi connectivity index (χ1n) is 6.78. The molecule has 1 amide bonds. The monoisotopic (exact) mass is 291 g/mol. The molecule has 2 heterocycles. The number of hydrogen-bond donors (Lipinski definition) is 3. The van der Waals surface area contributed by atoms with Gasteiger partial charge in [-0.25, -0.2) is 4.98 Å². The number of aromatic nitrogens is 2. The normalized spacial score (nSPS) is 14.2. The molecule has 1 aliphatic rings. The predicted molar refractivity (Wildman–Crippen MR) is 81.2 cm³/mol. The van der Waals surface area contributed by atoms with Crippen molar-refractivity contribution in [2.24, 2.45) is 0 Å². The van der Waals surface area contributed by atoms with E-state index < -0.39 is 0 Å². The van der Waals surface area contributed by atoms with E-state index in [1.165, 1.54) is 0 Å². The first kappa shape index (κ1) is 13.1. The molecule has 3 N–H and O–H groups in total. The molecule has 0 bridgehead atoms. The summed E-state index contributed by atoms with van der Waals surface area (Å²) in [5, 5.41) is 12.1. The van der Waals surface area contributed by atoms with Crippen LogP contribution in [0.4, 0.5) is 11.8 Å². The summed E-state index contributed by atoms with van der Waals surface area (Å²) in [6.07, 6.45) is 2.19. The van der Waals surface area contributed by atoms with E-state index in [1.807, 2.05) is 18.4 Å². The SMILES string of the molecule is CCNc1nc(NCC(=O)NC2CC2)c2ccsc2n1. The van der Waals surface area contributed by atoms with Crippen LogP contribution in [0.2, 0.25) is 0 Å². The van der Waals surface area contributed by atoms with Crippen LogP contribution in [0.15, 0.2) is 11.4 Å². The first-order chi connectivity index (χ1) is 9.76. The Morgan fingerprint density at radius 1 is 1.40 bits per heavy atom. The molecule has 3 rings (SSSR count). The van der Waals surface area contributed by atoms with Crippen LogP contribution in [0.5, 0.6) is 0 Å². The zero-order valence-electron chi connectivity index (χ0n) is 11.3. The van der Waals surface area contributed by atoms with E-state index in [-0.39, 0.29) is 12.5 Å². The fourth-order valence-corrected chi connectivity index (χ4v) is 2.66. The average Bonchev–Trinajstić information content (AvgIpc) is 3.11. The van der Waals surface area contributed by atoms with Crippen molar-refractivity contribution in [2.75, 3.05) is 23.7 Å². The topological polar surface area (TPSA) is 78.9 Å². The summed E-state index contributed by atoms with van der Waals surface area (Å²) in [5.41, 5.74) is 0. The lowest BCUT2D eigenvalue weighted by molar-refractivity contribution is -0.119. The van der Waals surface area contributed by atoms with Gasteiger partial charge in [-0.3, -0.25) is 4.79 Å². The summed E-state index contributed by atoms with van der Waals surface area (Å²) in [7, 11) is 0. The molecule has 0 atom stereocenters. The summed E-state index contributed by atoms with van der Waals surface area (Å²) < 4.78 is 0. The van der Waals surface area contributed by atoms with Gasteiger partial charge >= 0.3 is 0 Å². The molecule has 0 radical (unpaired) electrons. The fraction of sp³-hybridized carbons (Fsp3) is 0.462. The molecule has 0 aliphatic heterocycles. The number of anilines is 2. The maximum absolute atomic E-state index is 11.7. The van der Waals surface area contributed by atoms with Crippen LogP contribution in [0.3, 0.4) is 0 Å². The Morgan fingerprint density at radius 2 is 2.25 bits per heavy atom. The number of carbonyl (C=O) groups excluding carboxylic acids is 1. The average molecular weight is 291 g/mol. The third-order valence-electron chi connectivity index (χ3n) is 3.02. The highest BCUT2D eigenvalue weighted by molar-refractivity contribution is 7.16. The van der Waals surface area contributed by atoms with Crippen LogP contribution in [0.25, 0.3) is 10.2 Å².